The molecule has 1 aromatic rings. The van der Waals surface area contributed by atoms with E-state index < -0.39 is 6.04 Å². The summed E-state index contributed by atoms with van der Waals surface area (Å²) < 4.78 is 0. The number of aryl methyl sites for hydroxylation is 1. The van der Waals surface area contributed by atoms with Crippen LogP contribution in [0.4, 0.5) is 0 Å². The van der Waals surface area contributed by atoms with Gasteiger partial charge in [0.25, 0.3) is 5.91 Å². The Morgan fingerprint density at radius 3 is 2.23 bits per heavy atom. The van der Waals surface area contributed by atoms with Crippen molar-refractivity contribution in [3.05, 3.63) is 35.4 Å². The van der Waals surface area contributed by atoms with Crippen molar-refractivity contribution < 1.29 is 14.4 Å². The number of hydrogen-bond donors (Lipinski definition) is 2. The Morgan fingerprint density at radius 1 is 1.03 bits per heavy atom. The Labute approximate surface area is 180 Å². The normalized spacial score (nSPS) is 15.9. The van der Waals surface area contributed by atoms with E-state index in [0.29, 0.717) is 56.3 Å². The van der Waals surface area contributed by atoms with Gasteiger partial charge in [0.05, 0.1) is 0 Å². The lowest BCUT2D eigenvalue weighted by Crippen LogP contribution is -2.54. The summed E-state index contributed by atoms with van der Waals surface area (Å²) in [4.78, 5) is 40.1. The molecule has 6 heteroatoms. The molecule has 0 radical (unpaired) electrons. The lowest BCUT2D eigenvalue weighted by molar-refractivity contribution is -0.133. The topological polar surface area (TPSA) is 78.5 Å². The Kier molecular flexibility index (Phi) is 8.88. The van der Waals surface area contributed by atoms with E-state index >= 15 is 0 Å². The van der Waals surface area contributed by atoms with Gasteiger partial charge in [0.2, 0.25) is 11.8 Å². The molecule has 0 unspecified atom stereocenters. The van der Waals surface area contributed by atoms with Gasteiger partial charge in [-0.2, -0.15) is 0 Å². The molecule has 1 atom stereocenters. The quantitative estimate of drug-likeness (QED) is 0.685. The van der Waals surface area contributed by atoms with E-state index in [-0.39, 0.29) is 23.6 Å². The van der Waals surface area contributed by atoms with Crippen molar-refractivity contribution >= 4 is 17.7 Å². The van der Waals surface area contributed by atoms with Crippen LogP contribution in [0.3, 0.4) is 0 Å². The molecule has 6 nitrogen and oxygen atoms in total. The minimum Gasteiger partial charge on any atom is -0.354 e. The zero-order valence-electron chi connectivity index (χ0n) is 19.0. The van der Waals surface area contributed by atoms with Crippen molar-refractivity contribution in [2.24, 2.45) is 17.8 Å². The van der Waals surface area contributed by atoms with E-state index in [0.717, 1.165) is 5.56 Å². The molecule has 1 aromatic carbocycles. The Hall–Kier alpha value is -2.37. The number of piperidine rings is 1. The van der Waals surface area contributed by atoms with Crippen LogP contribution in [-0.4, -0.2) is 48.3 Å². The van der Waals surface area contributed by atoms with Gasteiger partial charge in [0.15, 0.2) is 0 Å². The van der Waals surface area contributed by atoms with Gasteiger partial charge in [-0.1, -0.05) is 45.9 Å². The minimum absolute atomic E-state index is 0.00762. The van der Waals surface area contributed by atoms with Gasteiger partial charge in [0.1, 0.15) is 6.04 Å². The molecule has 0 saturated carbocycles. The minimum atomic E-state index is -0.599. The van der Waals surface area contributed by atoms with Crippen molar-refractivity contribution in [2.75, 3.05) is 19.6 Å². The second kappa shape index (κ2) is 11.1. The molecule has 0 bridgehead atoms. The van der Waals surface area contributed by atoms with E-state index in [1.807, 2.05) is 57.7 Å². The van der Waals surface area contributed by atoms with Crippen molar-refractivity contribution in [2.45, 2.75) is 59.9 Å². The van der Waals surface area contributed by atoms with E-state index in [4.69, 9.17) is 0 Å². The highest BCUT2D eigenvalue weighted by molar-refractivity contribution is 5.98. The molecule has 1 saturated heterocycles. The first-order valence-corrected chi connectivity index (χ1v) is 11.1. The standard InChI is InChI=1S/C24H37N3O3/c1-16(2)14-21(28)27-12-10-19(11-13-27)22(24(30)25-15-17(3)4)26-23(29)20-9-7-6-8-18(20)5/h6-9,16-17,19,22H,10-15H2,1-5H3,(H,25,30)(H,26,29)/t22-/m1/s1. The molecule has 1 fully saturated rings. The van der Waals surface area contributed by atoms with Crippen molar-refractivity contribution in [3.8, 4) is 0 Å². The number of nitrogens with zero attached hydrogens (tertiary/aromatic N) is 1. The molecule has 3 amide bonds. The van der Waals surface area contributed by atoms with Gasteiger partial charge in [-0.3, -0.25) is 14.4 Å². The summed E-state index contributed by atoms with van der Waals surface area (Å²) in [5.41, 5.74) is 1.47. The van der Waals surface area contributed by atoms with Gasteiger partial charge in [0, 0.05) is 31.6 Å². The van der Waals surface area contributed by atoms with Crippen LogP contribution >= 0.6 is 0 Å². The van der Waals surface area contributed by atoms with Gasteiger partial charge in [-0.05, 0) is 49.1 Å². The SMILES string of the molecule is Cc1ccccc1C(=O)N[C@@H](C(=O)NCC(C)C)C1CCN(C(=O)CC(C)C)CC1. The van der Waals surface area contributed by atoms with Gasteiger partial charge >= 0.3 is 0 Å². The number of likely N-dealkylation sites (tertiary alicyclic amines) is 1. The fourth-order valence-electron chi connectivity index (χ4n) is 3.82. The number of benzene rings is 1. The number of amides is 3. The van der Waals surface area contributed by atoms with Crippen LogP contribution in [0.25, 0.3) is 0 Å². The Bertz CT molecular complexity index is 737. The summed E-state index contributed by atoms with van der Waals surface area (Å²) in [7, 11) is 0. The molecule has 2 rings (SSSR count). The summed E-state index contributed by atoms with van der Waals surface area (Å²) in [5, 5.41) is 5.97. The van der Waals surface area contributed by atoms with Crippen molar-refractivity contribution in [1.29, 1.82) is 0 Å². The van der Waals surface area contributed by atoms with E-state index in [9.17, 15) is 14.4 Å². The molecule has 1 aliphatic heterocycles. The van der Waals surface area contributed by atoms with E-state index in [1.54, 1.807) is 6.07 Å². The number of rotatable bonds is 8. The van der Waals surface area contributed by atoms with Crippen LogP contribution in [0.15, 0.2) is 24.3 Å². The maximum Gasteiger partial charge on any atom is 0.252 e. The zero-order chi connectivity index (χ0) is 22.3. The molecular formula is C24H37N3O3. The summed E-state index contributed by atoms with van der Waals surface area (Å²) in [6.45, 7) is 11.9. The molecule has 0 aromatic heterocycles. The van der Waals surface area contributed by atoms with Crippen LogP contribution in [-0.2, 0) is 9.59 Å². The zero-order valence-corrected chi connectivity index (χ0v) is 19.0. The molecule has 30 heavy (non-hydrogen) atoms. The fourth-order valence-corrected chi connectivity index (χ4v) is 3.82. The molecular weight excluding hydrogens is 378 g/mol. The number of carbonyl (C=O) groups is 3. The second-order valence-electron chi connectivity index (χ2n) is 9.22. The first kappa shape index (κ1) is 23.9. The third-order valence-electron chi connectivity index (χ3n) is 5.59. The molecule has 0 spiro atoms. The molecule has 1 heterocycles. The number of carbonyl (C=O) groups excluding carboxylic acids is 3. The Morgan fingerprint density at radius 2 is 1.67 bits per heavy atom. The van der Waals surface area contributed by atoms with Gasteiger partial charge in [-0.15, -0.1) is 0 Å². The van der Waals surface area contributed by atoms with Crippen molar-refractivity contribution in [3.63, 3.8) is 0 Å². The van der Waals surface area contributed by atoms with Gasteiger partial charge < -0.3 is 15.5 Å². The van der Waals surface area contributed by atoms with Crippen molar-refractivity contribution in [1.82, 2.24) is 15.5 Å². The smallest absolute Gasteiger partial charge is 0.252 e. The predicted molar refractivity (Wildman–Crippen MR) is 119 cm³/mol. The molecule has 1 aliphatic rings. The number of hydrogen-bond acceptors (Lipinski definition) is 3. The largest absolute Gasteiger partial charge is 0.354 e. The fraction of sp³-hybridized carbons (Fsp3) is 0.625. The maximum absolute atomic E-state index is 13.0. The first-order chi connectivity index (χ1) is 14.2. The average Bonchev–Trinajstić information content (AvgIpc) is 2.70. The third kappa shape index (κ3) is 6.85. The van der Waals surface area contributed by atoms with Crippen LogP contribution in [0.1, 0.15) is 62.9 Å². The van der Waals surface area contributed by atoms with Gasteiger partial charge in [-0.25, -0.2) is 0 Å². The lowest BCUT2D eigenvalue weighted by atomic mass is 9.88. The highest BCUT2D eigenvalue weighted by Gasteiger charge is 2.34. The number of nitrogens with one attached hydrogen (secondary N) is 2. The van der Waals surface area contributed by atoms with E-state index in [2.05, 4.69) is 10.6 Å². The summed E-state index contributed by atoms with van der Waals surface area (Å²) >= 11 is 0. The molecule has 2 N–H and O–H groups in total. The third-order valence-corrected chi connectivity index (χ3v) is 5.59. The average molecular weight is 416 g/mol. The molecule has 166 valence electrons. The Balaban J connectivity index is 2.08. The predicted octanol–water partition coefficient (Wildman–Crippen LogP) is 3.15. The monoisotopic (exact) mass is 415 g/mol. The summed E-state index contributed by atoms with van der Waals surface area (Å²) in [6, 6.07) is 6.79. The molecule has 0 aliphatic carbocycles. The van der Waals surface area contributed by atoms with Crippen LogP contribution < -0.4 is 10.6 Å². The van der Waals surface area contributed by atoms with Crippen LogP contribution in [0.5, 0.6) is 0 Å². The highest BCUT2D eigenvalue weighted by atomic mass is 16.2. The summed E-state index contributed by atoms with van der Waals surface area (Å²) in [5.74, 6) is 0.477. The maximum atomic E-state index is 13.0. The van der Waals surface area contributed by atoms with Crippen LogP contribution in [0.2, 0.25) is 0 Å². The first-order valence-electron chi connectivity index (χ1n) is 11.1. The summed E-state index contributed by atoms with van der Waals surface area (Å²) in [6.07, 6.45) is 1.96. The highest BCUT2D eigenvalue weighted by Crippen LogP contribution is 2.23. The second-order valence-corrected chi connectivity index (χ2v) is 9.22. The van der Waals surface area contributed by atoms with E-state index in [1.165, 1.54) is 0 Å². The van der Waals surface area contributed by atoms with Crippen LogP contribution in [0, 0.1) is 24.7 Å². The lowest BCUT2D eigenvalue weighted by Gasteiger charge is -2.36.